The Labute approximate surface area is 107 Å². The molecule has 0 aliphatic heterocycles. The predicted molar refractivity (Wildman–Crippen MR) is 69.7 cm³/mol. The molecular weight excluding hydrogens is 243 g/mol. The van der Waals surface area contributed by atoms with Gasteiger partial charge in [0.2, 0.25) is 5.91 Å². The maximum Gasteiger partial charge on any atom is 0.241 e. The third-order valence-corrected chi connectivity index (χ3v) is 2.67. The molecule has 96 valence electrons. The van der Waals surface area contributed by atoms with Crippen LogP contribution in [0.2, 0.25) is 0 Å². The maximum atomic E-state index is 12.6. The molecule has 0 saturated carbocycles. The zero-order valence-corrected chi connectivity index (χ0v) is 10.8. The van der Waals surface area contributed by atoms with Gasteiger partial charge in [0, 0.05) is 5.69 Å². The van der Waals surface area contributed by atoms with Crippen LogP contribution >= 0.6 is 12.4 Å². The third kappa shape index (κ3) is 4.71. The molecular formula is C12H18ClFN2O. The third-order valence-electron chi connectivity index (χ3n) is 2.67. The van der Waals surface area contributed by atoms with E-state index in [1.807, 2.05) is 13.8 Å². The van der Waals surface area contributed by atoms with E-state index in [1.54, 1.807) is 0 Å². The predicted octanol–water partition coefficient (Wildman–Crippen LogP) is 2.56. The SMILES string of the molecule is CCC(C)C(N)C(=O)Nc1ccc(F)cc1.Cl. The first kappa shape index (κ1) is 15.9. The highest BCUT2D eigenvalue weighted by Gasteiger charge is 2.19. The summed E-state index contributed by atoms with van der Waals surface area (Å²) in [4.78, 5) is 11.7. The van der Waals surface area contributed by atoms with Gasteiger partial charge in [-0.3, -0.25) is 4.79 Å². The van der Waals surface area contributed by atoms with Gasteiger partial charge in [-0.2, -0.15) is 0 Å². The van der Waals surface area contributed by atoms with Crippen LogP contribution < -0.4 is 11.1 Å². The number of nitrogens with two attached hydrogens (primary N) is 1. The maximum absolute atomic E-state index is 12.6. The van der Waals surface area contributed by atoms with E-state index >= 15 is 0 Å². The minimum Gasteiger partial charge on any atom is -0.325 e. The molecule has 0 radical (unpaired) electrons. The van der Waals surface area contributed by atoms with E-state index in [4.69, 9.17) is 5.73 Å². The number of carbonyl (C=O) groups excluding carboxylic acids is 1. The summed E-state index contributed by atoms with van der Waals surface area (Å²) in [5.41, 5.74) is 6.32. The molecule has 0 heterocycles. The van der Waals surface area contributed by atoms with Gasteiger partial charge < -0.3 is 11.1 Å². The van der Waals surface area contributed by atoms with Crippen LogP contribution in [0.15, 0.2) is 24.3 Å². The van der Waals surface area contributed by atoms with Crippen LogP contribution in [0, 0.1) is 11.7 Å². The van der Waals surface area contributed by atoms with E-state index in [0.717, 1.165) is 6.42 Å². The van der Waals surface area contributed by atoms with Gasteiger partial charge in [0.05, 0.1) is 6.04 Å². The lowest BCUT2D eigenvalue weighted by Gasteiger charge is -2.17. The van der Waals surface area contributed by atoms with Crippen LogP contribution in [0.25, 0.3) is 0 Å². The van der Waals surface area contributed by atoms with Crippen molar-refractivity contribution in [3.8, 4) is 0 Å². The molecule has 2 atom stereocenters. The number of carbonyl (C=O) groups is 1. The summed E-state index contributed by atoms with van der Waals surface area (Å²) in [7, 11) is 0. The van der Waals surface area contributed by atoms with Crippen LogP contribution in [-0.4, -0.2) is 11.9 Å². The molecule has 0 spiro atoms. The minimum absolute atomic E-state index is 0. The van der Waals surface area contributed by atoms with Crippen molar-refractivity contribution in [2.45, 2.75) is 26.3 Å². The van der Waals surface area contributed by atoms with Gasteiger partial charge in [-0.15, -0.1) is 12.4 Å². The second-order valence-electron chi connectivity index (χ2n) is 3.91. The summed E-state index contributed by atoms with van der Waals surface area (Å²) in [6, 6.07) is 5.08. The first-order valence-electron chi connectivity index (χ1n) is 5.36. The molecule has 1 aromatic rings. The van der Waals surface area contributed by atoms with Crippen LogP contribution in [0.5, 0.6) is 0 Å². The fraction of sp³-hybridized carbons (Fsp3) is 0.417. The Bertz CT molecular complexity index is 356. The highest BCUT2D eigenvalue weighted by atomic mass is 35.5. The summed E-state index contributed by atoms with van der Waals surface area (Å²) in [5, 5.41) is 2.65. The quantitative estimate of drug-likeness (QED) is 0.874. The number of rotatable bonds is 4. The molecule has 1 rings (SSSR count). The molecule has 0 aliphatic carbocycles. The summed E-state index contributed by atoms with van der Waals surface area (Å²) < 4.78 is 12.6. The fourth-order valence-corrected chi connectivity index (χ4v) is 1.27. The average molecular weight is 261 g/mol. The van der Waals surface area contributed by atoms with Crippen molar-refractivity contribution in [3.05, 3.63) is 30.1 Å². The molecule has 1 amide bonds. The van der Waals surface area contributed by atoms with Gasteiger partial charge >= 0.3 is 0 Å². The van der Waals surface area contributed by atoms with Gasteiger partial charge in [0.15, 0.2) is 0 Å². The van der Waals surface area contributed by atoms with Crippen LogP contribution in [0.3, 0.4) is 0 Å². The lowest BCUT2D eigenvalue weighted by molar-refractivity contribution is -0.118. The van der Waals surface area contributed by atoms with Crippen LogP contribution in [-0.2, 0) is 4.79 Å². The standard InChI is InChI=1S/C12H17FN2O.ClH/c1-3-8(2)11(14)12(16)15-10-6-4-9(13)5-7-10;/h4-8,11H,3,14H2,1-2H3,(H,15,16);1H. The van der Waals surface area contributed by atoms with Crippen molar-refractivity contribution in [2.24, 2.45) is 11.7 Å². The summed E-state index contributed by atoms with van der Waals surface area (Å²) in [6.07, 6.45) is 0.845. The first-order chi connectivity index (χ1) is 7.54. The second kappa shape index (κ2) is 7.25. The van der Waals surface area contributed by atoms with Crippen molar-refractivity contribution < 1.29 is 9.18 Å². The molecule has 3 nitrogen and oxygen atoms in total. The molecule has 0 saturated heterocycles. The van der Waals surface area contributed by atoms with Gasteiger partial charge in [-0.05, 0) is 30.2 Å². The van der Waals surface area contributed by atoms with Gasteiger partial charge in [-0.1, -0.05) is 20.3 Å². The number of nitrogens with one attached hydrogen (secondary N) is 1. The van der Waals surface area contributed by atoms with E-state index in [9.17, 15) is 9.18 Å². The molecule has 0 aromatic heterocycles. The Balaban J connectivity index is 0.00000256. The zero-order valence-electron chi connectivity index (χ0n) is 9.94. The largest absolute Gasteiger partial charge is 0.325 e. The highest BCUT2D eigenvalue weighted by molar-refractivity contribution is 5.94. The number of benzene rings is 1. The number of halogens is 2. The Morgan fingerprint density at radius 3 is 2.41 bits per heavy atom. The van der Waals surface area contributed by atoms with E-state index in [-0.39, 0.29) is 30.0 Å². The van der Waals surface area contributed by atoms with Crippen LogP contribution in [0.4, 0.5) is 10.1 Å². The second-order valence-corrected chi connectivity index (χ2v) is 3.91. The molecule has 0 aliphatic rings. The fourth-order valence-electron chi connectivity index (χ4n) is 1.27. The Hall–Kier alpha value is -1.13. The smallest absolute Gasteiger partial charge is 0.241 e. The first-order valence-corrected chi connectivity index (χ1v) is 5.36. The molecule has 1 aromatic carbocycles. The van der Waals surface area contributed by atoms with E-state index in [2.05, 4.69) is 5.32 Å². The Morgan fingerprint density at radius 1 is 1.41 bits per heavy atom. The molecule has 17 heavy (non-hydrogen) atoms. The lowest BCUT2D eigenvalue weighted by Crippen LogP contribution is -2.40. The highest BCUT2D eigenvalue weighted by Crippen LogP contribution is 2.11. The van der Waals surface area contributed by atoms with Gasteiger partial charge in [0.1, 0.15) is 5.82 Å². The number of hydrogen-bond acceptors (Lipinski definition) is 2. The Morgan fingerprint density at radius 2 is 1.94 bits per heavy atom. The normalized spacial score (nSPS) is 13.4. The lowest BCUT2D eigenvalue weighted by atomic mass is 9.99. The zero-order chi connectivity index (χ0) is 12.1. The topological polar surface area (TPSA) is 55.1 Å². The summed E-state index contributed by atoms with van der Waals surface area (Å²) in [5.74, 6) is -0.439. The molecule has 3 N–H and O–H groups in total. The monoisotopic (exact) mass is 260 g/mol. The van der Waals surface area contributed by atoms with E-state index in [0.29, 0.717) is 5.69 Å². The van der Waals surface area contributed by atoms with E-state index < -0.39 is 6.04 Å². The molecule has 0 bridgehead atoms. The van der Waals surface area contributed by atoms with Crippen molar-refractivity contribution in [1.82, 2.24) is 0 Å². The molecule has 5 heteroatoms. The average Bonchev–Trinajstić information content (AvgIpc) is 2.30. The molecule has 0 fully saturated rings. The minimum atomic E-state index is -0.532. The summed E-state index contributed by atoms with van der Waals surface area (Å²) >= 11 is 0. The van der Waals surface area contributed by atoms with Gasteiger partial charge in [-0.25, -0.2) is 4.39 Å². The van der Waals surface area contributed by atoms with Crippen molar-refractivity contribution in [1.29, 1.82) is 0 Å². The van der Waals surface area contributed by atoms with Crippen molar-refractivity contribution >= 4 is 24.0 Å². The number of anilines is 1. The van der Waals surface area contributed by atoms with Crippen molar-refractivity contribution in [3.63, 3.8) is 0 Å². The summed E-state index contributed by atoms with van der Waals surface area (Å²) in [6.45, 7) is 3.91. The Kier molecular flexibility index (Phi) is 6.76. The van der Waals surface area contributed by atoms with E-state index in [1.165, 1.54) is 24.3 Å². The molecule has 2 unspecified atom stereocenters. The van der Waals surface area contributed by atoms with Gasteiger partial charge in [0.25, 0.3) is 0 Å². The number of hydrogen-bond donors (Lipinski definition) is 2. The van der Waals surface area contributed by atoms with Crippen molar-refractivity contribution in [2.75, 3.05) is 5.32 Å². The number of amides is 1. The van der Waals surface area contributed by atoms with Crippen LogP contribution in [0.1, 0.15) is 20.3 Å².